The second-order valence-corrected chi connectivity index (χ2v) is 4.53. The van der Waals surface area contributed by atoms with Crippen molar-refractivity contribution in [2.24, 2.45) is 5.92 Å². The molecule has 0 bridgehead atoms. The molecule has 4 nitrogen and oxygen atoms in total. The number of nitrogens with zero attached hydrogens (tertiary/aromatic N) is 1. The number of oxazole rings is 1. The van der Waals surface area contributed by atoms with E-state index >= 15 is 0 Å². The molecule has 1 saturated carbocycles. The molecule has 1 heterocycles. The number of carbonyl (C=O) groups excluding carboxylic acids is 1. The standard InChI is InChI=1S/C13H14N2O2/c1-8-15-11-6-9(2-5-12(11)17-8)7-14-13(16)10-3-4-10/h2,5-6,10H,3-4,7H2,1H3,(H,14,16). The van der Waals surface area contributed by atoms with Crippen molar-refractivity contribution in [3.63, 3.8) is 0 Å². The second-order valence-electron chi connectivity index (χ2n) is 4.53. The number of fused-ring (bicyclic) bond motifs is 1. The lowest BCUT2D eigenvalue weighted by molar-refractivity contribution is -0.122. The Hall–Kier alpha value is -1.84. The van der Waals surface area contributed by atoms with Crippen LogP contribution in [0.3, 0.4) is 0 Å². The van der Waals surface area contributed by atoms with Gasteiger partial charge in [-0.3, -0.25) is 4.79 Å². The van der Waals surface area contributed by atoms with Crippen LogP contribution in [-0.4, -0.2) is 10.9 Å². The fourth-order valence-corrected chi connectivity index (χ4v) is 1.88. The monoisotopic (exact) mass is 230 g/mol. The van der Waals surface area contributed by atoms with Crippen LogP contribution >= 0.6 is 0 Å². The molecule has 4 heteroatoms. The molecular formula is C13H14N2O2. The number of hydrogen-bond acceptors (Lipinski definition) is 3. The van der Waals surface area contributed by atoms with Crippen LogP contribution in [0.15, 0.2) is 22.6 Å². The number of aryl methyl sites for hydroxylation is 1. The van der Waals surface area contributed by atoms with E-state index in [1.807, 2.05) is 25.1 Å². The molecule has 17 heavy (non-hydrogen) atoms. The molecule has 0 radical (unpaired) electrons. The highest BCUT2D eigenvalue weighted by molar-refractivity contribution is 5.81. The number of aromatic nitrogens is 1. The summed E-state index contributed by atoms with van der Waals surface area (Å²) in [6.45, 7) is 2.39. The zero-order valence-electron chi connectivity index (χ0n) is 9.69. The average molecular weight is 230 g/mol. The third kappa shape index (κ3) is 2.16. The van der Waals surface area contributed by atoms with E-state index in [9.17, 15) is 4.79 Å². The predicted octanol–water partition coefficient (Wildman–Crippen LogP) is 2.16. The van der Waals surface area contributed by atoms with Gasteiger partial charge in [-0.05, 0) is 30.5 Å². The van der Waals surface area contributed by atoms with Crippen LogP contribution in [0.2, 0.25) is 0 Å². The highest BCUT2D eigenvalue weighted by atomic mass is 16.3. The lowest BCUT2D eigenvalue weighted by atomic mass is 10.2. The first-order valence-electron chi connectivity index (χ1n) is 5.86. The molecule has 1 aromatic heterocycles. The number of benzene rings is 1. The normalized spacial score (nSPS) is 15.1. The van der Waals surface area contributed by atoms with Gasteiger partial charge in [0, 0.05) is 19.4 Å². The van der Waals surface area contributed by atoms with Crippen molar-refractivity contribution in [2.45, 2.75) is 26.3 Å². The molecule has 88 valence electrons. The van der Waals surface area contributed by atoms with E-state index in [4.69, 9.17) is 4.42 Å². The zero-order valence-corrected chi connectivity index (χ0v) is 9.69. The number of amides is 1. The van der Waals surface area contributed by atoms with Crippen LogP contribution in [0.25, 0.3) is 11.1 Å². The smallest absolute Gasteiger partial charge is 0.223 e. The summed E-state index contributed by atoms with van der Waals surface area (Å²) in [7, 11) is 0. The lowest BCUT2D eigenvalue weighted by Gasteiger charge is -2.03. The van der Waals surface area contributed by atoms with Crippen molar-refractivity contribution in [1.82, 2.24) is 10.3 Å². The minimum Gasteiger partial charge on any atom is -0.441 e. The predicted molar refractivity (Wildman–Crippen MR) is 63.3 cm³/mol. The third-order valence-corrected chi connectivity index (χ3v) is 2.97. The highest BCUT2D eigenvalue weighted by Crippen LogP contribution is 2.28. The lowest BCUT2D eigenvalue weighted by Crippen LogP contribution is -2.24. The third-order valence-electron chi connectivity index (χ3n) is 2.97. The zero-order chi connectivity index (χ0) is 11.8. The van der Waals surface area contributed by atoms with Gasteiger partial charge >= 0.3 is 0 Å². The van der Waals surface area contributed by atoms with Crippen LogP contribution in [-0.2, 0) is 11.3 Å². The summed E-state index contributed by atoms with van der Waals surface area (Å²) in [4.78, 5) is 15.8. The summed E-state index contributed by atoms with van der Waals surface area (Å²) >= 11 is 0. The summed E-state index contributed by atoms with van der Waals surface area (Å²) < 4.78 is 5.40. The van der Waals surface area contributed by atoms with Crippen molar-refractivity contribution >= 4 is 17.0 Å². The molecular weight excluding hydrogens is 216 g/mol. The van der Waals surface area contributed by atoms with E-state index in [1.54, 1.807) is 0 Å². The molecule has 1 aliphatic rings. The van der Waals surface area contributed by atoms with Crippen molar-refractivity contribution in [2.75, 3.05) is 0 Å². The molecule has 0 saturated heterocycles. The van der Waals surface area contributed by atoms with Crippen molar-refractivity contribution in [3.05, 3.63) is 29.7 Å². The maximum absolute atomic E-state index is 11.5. The quantitative estimate of drug-likeness (QED) is 0.879. The molecule has 1 N–H and O–H groups in total. The average Bonchev–Trinajstić information content (AvgIpc) is 3.08. The van der Waals surface area contributed by atoms with Gasteiger partial charge in [-0.25, -0.2) is 4.98 Å². The number of rotatable bonds is 3. The van der Waals surface area contributed by atoms with Crippen molar-refractivity contribution in [1.29, 1.82) is 0 Å². The first-order valence-corrected chi connectivity index (χ1v) is 5.86. The Morgan fingerprint density at radius 1 is 1.53 bits per heavy atom. The Labute approximate surface area is 99.0 Å². The van der Waals surface area contributed by atoms with Gasteiger partial charge in [0.15, 0.2) is 11.5 Å². The maximum atomic E-state index is 11.5. The number of nitrogens with one attached hydrogen (secondary N) is 1. The van der Waals surface area contributed by atoms with E-state index in [0.717, 1.165) is 29.5 Å². The molecule has 2 aromatic rings. The molecule has 0 spiro atoms. The summed E-state index contributed by atoms with van der Waals surface area (Å²) in [5.41, 5.74) is 2.69. The molecule has 1 aliphatic carbocycles. The summed E-state index contributed by atoms with van der Waals surface area (Å²) in [5.74, 6) is 1.09. The van der Waals surface area contributed by atoms with Crippen LogP contribution in [0.5, 0.6) is 0 Å². The van der Waals surface area contributed by atoms with E-state index in [-0.39, 0.29) is 11.8 Å². The van der Waals surface area contributed by atoms with Gasteiger partial charge in [0.25, 0.3) is 0 Å². The molecule has 1 amide bonds. The SMILES string of the molecule is Cc1nc2cc(CNC(=O)C3CC3)ccc2o1. The number of hydrogen-bond donors (Lipinski definition) is 1. The Morgan fingerprint density at radius 2 is 2.35 bits per heavy atom. The highest BCUT2D eigenvalue weighted by Gasteiger charge is 2.29. The maximum Gasteiger partial charge on any atom is 0.223 e. The second kappa shape index (κ2) is 3.87. The van der Waals surface area contributed by atoms with Crippen LogP contribution in [0.4, 0.5) is 0 Å². The molecule has 0 atom stereocenters. The van der Waals surface area contributed by atoms with Gasteiger partial charge in [-0.15, -0.1) is 0 Å². The number of carbonyl (C=O) groups is 1. The van der Waals surface area contributed by atoms with Crippen molar-refractivity contribution in [3.8, 4) is 0 Å². The molecule has 1 aromatic carbocycles. The Balaban J connectivity index is 1.73. The summed E-state index contributed by atoms with van der Waals surface area (Å²) in [6, 6.07) is 5.81. The van der Waals surface area contributed by atoms with Gasteiger partial charge in [-0.1, -0.05) is 6.07 Å². The van der Waals surface area contributed by atoms with Crippen LogP contribution in [0.1, 0.15) is 24.3 Å². The minimum atomic E-state index is 0.168. The fraction of sp³-hybridized carbons (Fsp3) is 0.385. The van der Waals surface area contributed by atoms with E-state index < -0.39 is 0 Å². The van der Waals surface area contributed by atoms with Gasteiger partial charge in [0.1, 0.15) is 5.52 Å². The van der Waals surface area contributed by atoms with Gasteiger partial charge < -0.3 is 9.73 Å². The summed E-state index contributed by atoms with van der Waals surface area (Å²) in [6.07, 6.45) is 2.07. The first kappa shape index (κ1) is 10.3. The van der Waals surface area contributed by atoms with E-state index in [0.29, 0.717) is 12.4 Å². The Bertz CT molecular complexity index is 570. The van der Waals surface area contributed by atoms with Gasteiger partial charge in [0.2, 0.25) is 5.91 Å². The van der Waals surface area contributed by atoms with E-state index in [2.05, 4.69) is 10.3 Å². The van der Waals surface area contributed by atoms with E-state index in [1.165, 1.54) is 0 Å². The van der Waals surface area contributed by atoms with Crippen LogP contribution in [0, 0.1) is 12.8 Å². The largest absolute Gasteiger partial charge is 0.441 e. The van der Waals surface area contributed by atoms with Crippen molar-refractivity contribution < 1.29 is 9.21 Å². The van der Waals surface area contributed by atoms with Gasteiger partial charge in [-0.2, -0.15) is 0 Å². The van der Waals surface area contributed by atoms with Crippen LogP contribution < -0.4 is 5.32 Å². The topological polar surface area (TPSA) is 55.1 Å². The fourth-order valence-electron chi connectivity index (χ4n) is 1.88. The molecule has 0 aliphatic heterocycles. The molecule has 0 unspecified atom stereocenters. The summed E-state index contributed by atoms with van der Waals surface area (Å²) in [5, 5.41) is 2.94. The van der Waals surface area contributed by atoms with Gasteiger partial charge in [0.05, 0.1) is 0 Å². The first-order chi connectivity index (χ1) is 8.22. The molecule has 3 rings (SSSR count). The minimum absolute atomic E-state index is 0.168. The Morgan fingerprint density at radius 3 is 3.12 bits per heavy atom. The Kier molecular flexibility index (Phi) is 2.35. The molecule has 1 fully saturated rings.